The molecule has 0 aliphatic heterocycles. The molecule has 0 bridgehead atoms. The average Bonchev–Trinajstić information content (AvgIpc) is 2.93. The number of Topliss-reactive ketones (excluding diaryl/α,β-unsaturated/α-hetero) is 1. The molecule has 0 aromatic carbocycles. The minimum Gasteiger partial charge on any atom is -0.462 e. The molecule has 8 atom stereocenters. The highest BCUT2D eigenvalue weighted by molar-refractivity contribution is 9.09. The number of fused-ring (bicyclic) bond motifs is 5. The zero-order valence-electron chi connectivity index (χ0n) is 17.1. The van der Waals surface area contributed by atoms with E-state index in [0.717, 1.165) is 25.7 Å². The van der Waals surface area contributed by atoms with Gasteiger partial charge in [0.2, 0.25) is 0 Å². The third-order valence-corrected chi connectivity index (χ3v) is 9.74. The van der Waals surface area contributed by atoms with E-state index in [1.165, 1.54) is 31.8 Å². The van der Waals surface area contributed by atoms with E-state index < -0.39 is 0 Å². The van der Waals surface area contributed by atoms with Crippen molar-refractivity contribution in [2.45, 2.75) is 83.6 Å². The molecule has 0 heterocycles. The lowest BCUT2D eigenvalue weighted by Gasteiger charge is -2.59. The molecule has 27 heavy (non-hydrogen) atoms. The summed E-state index contributed by atoms with van der Waals surface area (Å²) in [6.07, 6.45) is 10.1. The summed E-state index contributed by atoms with van der Waals surface area (Å²) in [7, 11) is 0. The fourth-order valence-electron chi connectivity index (χ4n) is 7.57. The second-order valence-corrected chi connectivity index (χ2v) is 11.2. The smallest absolute Gasteiger partial charge is 0.302 e. The van der Waals surface area contributed by atoms with Gasteiger partial charge in [0.25, 0.3) is 0 Å². The third kappa shape index (κ3) is 2.96. The van der Waals surface area contributed by atoms with Crippen LogP contribution in [-0.2, 0) is 14.3 Å². The molecule has 3 saturated carbocycles. The molecule has 4 heteroatoms. The molecule has 150 valence electrons. The number of ether oxygens (including phenoxy) is 1. The summed E-state index contributed by atoms with van der Waals surface area (Å²) in [5, 5.41) is 0. The standard InChI is InChI=1S/C23H33BrO3/c1-13(25)17-5-6-18-21-19(8-10-23(17,18)4)22(3)9-7-16(27-14(2)26)11-15(22)12-20(21)24/h12,16-21H,5-11H2,1-4H3/t16?,17-,18+,19+,20-,21+,22+,23-/m1/s1. The number of alkyl halides is 1. The molecular weight excluding hydrogens is 404 g/mol. The molecule has 0 aromatic heterocycles. The van der Waals surface area contributed by atoms with Gasteiger partial charge in [-0.1, -0.05) is 41.4 Å². The van der Waals surface area contributed by atoms with Crippen molar-refractivity contribution >= 4 is 27.7 Å². The second-order valence-electron chi connectivity index (χ2n) is 10.1. The van der Waals surface area contributed by atoms with E-state index >= 15 is 0 Å². The molecule has 0 radical (unpaired) electrons. The van der Waals surface area contributed by atoms with Gasteiger partial charge in [0.1, 0.15) is 11.9 Å². The Hall–Kier alpha value is -0.640. The van der Waals surface area contributed by atoms with Gasteiger partial charge in [-0.15, -0.1) is 0 Å². The van der Waals surface area contributed by atoms with Crippen molar-refractivity contribution in [1.82, 2.24) is 0 Å². The number of hydrogen-bond acceptors (Lipinski definition) is 3. The van der Waals surface area contributed by atoms with Crippen LogP contribution in [0.1, 0.15) is 72.6 Å². The normalized spacial score (nSPS) is 48.7. The van der Waals surface area contributed by atoms with Crippen LogP contribution in [0.5, 0.6) is 0 Å². The maximum atomic E-state index is 12.3. The zero-order valence-corrected chi connectivity index (χ0v) is 18.7. The molecule has 4 aliphatic rings. The van der Waals surface area contributed by atoms with Crippen molar-refractivity contribution in [2.75, 3.05) is 0 Å². The van der Waals surface area contributed by atoms with Crippen LogP contribution < -0.4 is 0 Å². The van der Waals surface area contributed by atoms with E-state index in [-0.39, 0.29) is 28.8 Å². The number of carbonyl (C=O) groups is 2. The van der Waals surface area contributed by atoms with Crippen LogP contribution in [0.25, 0.3) is 0 Å². The van der Waals surface area contributed by atoms with Crippen molar-refractivity contribution in [3.05, 3.63) is 11.6 Å². The van der Waals surface area contributed by atoms with Crippen LogP contribution >= 0.6 is 15.9 Å². The van der Waals surface area contributed by atoms with Crippen LogP contribution in [0.4, 0.5) is 0 Å². The van der Waals surface area contributed by atoms with E-state index in [4.69, 9.17) is 4.74 Å². The minimum absolute atomic E-state index is 0.0421. The topological polar surface area (TPSA) is 43.4 Å². The number of carbonyl (C=O) groups excluding carboxylic acids is 2. The quantitative estimate of drug-likeness (QED) is 0.327. The van der Waals surface area contributed by atoms with Crippen molar-refractivity contribution in [3.8, 4) is 0 Å². The largest absolute Gasteiger partial charge is 0.462 e. The Balaban J connectivity index is 1.64. The summed E-state index contributed by atoms with van der Waals surface area (Å²) in [4.78, 5) is 24.1. The number of allylic oxidation sites excluding steroid dienone is 1. The lowest BCUT2D eigenvalue weighted by molar-refractivity contribution is -0.149. The molecular formula is C23H33BrO3. The number of ketones is 1. The second kappa shape index (κ2) is 6.71. The van der Waals surface area contributed by atoms with Gasteiger partial charge in [0, 0.05) is 24.1 Å². The molecule has 3 fully saturated rings. The third-order valence-electron chi connectivity index (χ3n) is 8.87. The fourth-order valence-corrected chi connectivity index (χ4v) is 8.63. The Morgan fingerprint density at radius 2 is 1.81 bits per heavy atom. The molecule has 0 amide bonds. The Morgan fingerprint density at radius 1 is 1.07 bits per heavy atom. The number of hydrogen-bond donors (Lipinski definition) is 0. The van der Waals surface area contributed by atoms with Gasteiger partial charge in [0.05, 0.1) is 0 Å². The highest BCUT2D eigenvalue weighted by Gasteiger charge is 2.61. The van der Waals surface area contributed by atoms with Crippen LogP contribution in [0.15, 0.2) is 11.6 Å². The summed E-state index contributed by atoms with van der Waals surface area (Å²) in [5.41, 5.74) is 1.89. The summed E-state index contributed by atoms with van der Waals surface area (Å²) in [6, 6.07) is 0. The van der Waals surface area contributed by atoms with Crippen LogP contribution in [0.2, 0.25) is 0 Å². The van der Waals surface area contributed by atoms with Gasteiger partial charge in [0.15, 0.2) is 0 Å². The Labute approximate surface area is 171 Å². The lowest BCUT2D eigenvalue weighted by atomic mass is 9.47. The van der Waals surface area contributed by atoms with Crippen molar-refractivity contribution in [2.24, 2.45) is 34.5 Å². The Kier molecular flexibility index (Phi) is 4.89. The maximum Gasteiger partial charge on any atom is 0.302 e. The average molecular weight is 437 g/mol. The molecule has 4 rings (SSSR count). The molecule has 0 aromatic rings. The highest BCUT2D eigenvalue weighted by atomic mass is 79.9. The Bertz CT molecular complexity index is 685. The van der Waals surface area contributed by atoms with Gasteiger partial charge in [-0.05, 0) is 74.0 Å². The summed E-state index contributed by atoms with van der Waals surface area (Å²) < 4.78 is 5.55. The Morgan fingerprint density at radius 3 is 2.48 bits per heavy atom. The number of esters is 1. The van der Waals surface area contributed by atoms with E-state index in [1.54, 1.807) is 6.92 Å². The first-order valence-electron chi connectivity index (χ1n) is 10.7. The van der Waals surface area contributed by atoms with Gasteiger partial charge >= 0.3 is 5.97 Å². The van der Waals surface area contributed by atoms with Crippen molar-refractivity contribution in [1.29, 1.82) is 0 Å². The van der Waals surface area contributed by atoms with Crippen molar-refractivity contribution in [3.63, 3.8) is 0 Å². The summed E-state index contributed by atoms with van der Waals surface area (Å²) in [6.45, 7) is 8.16. The predicted molar refractivity (Wildman–Crippen MR) is 110 cm³/mol. The molecule has 3 nitrogen and oxygen atoms in total. The van der Waals surface area contributed by atoms with Crippen LogP contribution in [0.3, 0.4) is 0 Å². The predicted octanol–water partition coefficient (Wildman–Crippen LogP) is 5.46. The van der Waals surface area contributed by atoms with E-state index in [1.807, 2.05) is 0 Å². The van der Waals surface area contributed by atoms with Crippen molar-refractivity contribution < 1.29 is 14.3 Å². The first-order valence-corrected chi connectivity index (χ1v) is 11.6. The van der Waals surface area contributed by atoms with Gasteiger partial charge in [-0.2, -0.15) is 0 Å². The van der Waals surface area contributed by atoms with E-state index in [9.17, 15) is 9.59 Å². The first kappa shape index (κ1) is 19.7. The first-order chi connectivity index (χ1) is 12.7. The molecule has 1 unspecified atom stereocenters. The fraction of sp³-hybridized carbons (Fsp3) is 0.826. The van der Waals surface area contributed by atoms with E-state index in [2.05, 4.69) is 35.9 Å². The minimum atomic E-state index is -0.164. The van der Waals surface area contributed by atoms with Gasteiger partial charge in [-0.25, -0.2) is 0 Å². The van der Waals surface area contributed by atoms with Gasteiger partial charge < -0.3 is 4.74 Å². The molecule has 0 spiro atoms. The lowest BCUT2D eigenvalue weighted by Crippen LogP contribution is -2.54. The number of rotatable bonds is 2. The highest BCUT2D eigenvalue weighted by Crippen LogP contribution is 2.67. The SMILES string of the molecule is CC(=O)OC1CC[C@@]2(C)C(=C[C@@H](Br)[C@H]3[C@@H]4CC[C@H](C(C)=O)[C@@]4(C)CC[C@@H]32)C1. The maximum absolute atomic E-state index is 12.3. The summed E-state index contributed by atoms with van der Waals surface area (Å²) in [5.74, 6) is 2.40. The monoisotopic (exact) mass is 436 g/mol. The molecule has 0 saturated heterocycles. The number of halogens is 1. The van der Waals surface area contributed by atoms with Crippen LogP contribution in [0, 0.1) is 34.5 Å². The molecule has 4 aliphatic carbocycles. The molecule has 0 N–H and O–H groups in total. The van der Waals surface area contributed by atoms with E-state index in [0.29, 0.717) is 28.4 Å². The van der Waals surface area contributed by atoms with Gasteiger partial charge in [-0.3, -0.25) is 9.59 Å². The zero-order chi connectivity index (χ0) is 19.6. The summed E-state index contributed by atoms with van der Waals surface area (Å²) >= 11 is 4.04. The van der Waals surface area contributed by atoms with Crippen LogP contribution in [-0.4, -0.2) is 22.7 Å².